The highest BCUT2D eigenvalue weighted by Gasteiger charge is 2.16. The molecular weight excluding hydrogens is 406 g/mol. The summed E-state index contributed by atoms with van der Waals surface area (Å²) in [4.78, 5) is 23.3. The van der Waals surface area contributed by atoms with E-state index in [2.05, 4.69) is 25.6 Å². The van der Waals surface area contributed by atoms with Gasteiger partial charge < -0.3 is 15.0 Å². The zero-order chi connectivity index (χ0) is 21.8. The summed E-state index contributed by atoms with van der Waals surface area (Å²) in [5, 5.41) is 11.8. The third kappa shape index (κ3) is 4.57. The van der Waals surface area contributed by atoms with Gasteiger partial charge in [0.1, 0.15) is 5.69 Å². The smallest absolute Gasteiger partial charge is 0.242 e. The molecule has 0 spiro atoms. The molecule has 1 amide bonds. The number of carbonyl (C=O) groups excluding carboxylic acids is 1. The van der Waals surface area contributed by atoms with Crippen LogP contribution in [0.5, 0.6) is 0 Å². The van der Waals surface area contributed by atoms with Crippen molar-refractivity contribution in [3.05, 3.63) is 66.6 Å². The van der Waals surface area contributed by atoms with E-state index in [0.29, 0.717) is 32.8 Å². The molecule has 1 aliphatic heterocycles. The zero-order valence-electron chi connectivity index (χ0n) is 17.5. The molecule has 0 saturated carbocycles. The molecule has 9 heteroatoms. The molecule has 0 unspecified atom stereocenters. The van der Waals surface area contributed by atoms with Gasteiger partial charge in [0, 0.05) is 24.3 Å². The molecule has 0 bridgehead atoms. The molecule has 162 valence electrons. The minimum atomic E-state index is 0.0705. The molecule has 2 aromatic carbocycles. The maximum atomic E-state index is 12.4. The van der Waals surface area contributed by atoms with Gasteiger partial charge in [-0.1, -0.05) is 29.5 Å². The van der Waals surface area contributed by atoms with Crippen molar-refractivity contribution in [1.29, 1.82) is 0 Å². The highest BCUT2D eigenvalue weighted by atomic mass is 16.5. The lowest BCUT2D eigenvalue weighted by atomic mass is 10.1. The number of benzene rings is 2. The highest BCUT2D eigenvalue weighted by molar-refractivity contribution is 5.81. The first-order valence-corrected chi connectivity index (χ1v) is 10.6. The number of nitrogens with one attached hydrogen (secondary N) is 1. The molecule has 1 saturated heterocycles. The predicted octanol–water partition coefficient (Wildman–Crippen LogP) is 2.21. The Morgan fingerprint density at radius 3 is 2.78 bits per heavy atom. The molecule has 3 heterocycles. The molecule has 32 heavy (non-hydrogen) atoms. The molecule has 4 aromatic rings. The van der Waals surface area contributed by atoms with Gasteiger partial charge >= 0.3 is 0 Å². The largest absolute Gasteiger partial charge is 0.378 e. The van der Waals surface area contributed by atoms with Gasteiger partial charge in [0.05, 0.1) is 55.4 Å². The Morgan fingerprint density at radius 1 is 1.06 bits per heavy atom. The molecule has 0 radical (unpaired) electrons. The van der Waals surface area contributed by atoms with Crippen LogP contribution in [0.4, 0.5) is 5.69 Å². The van der Waals surface area contributed by atoms with Crippen molar-refractivity contribution >= 4 is 22.6 Å². The second-order valence-corrected chi connectivity index (χ2v) is 7.58. The first-order chi connectivity index (χ1) is 15.7. The van der Waals surface area contributed by atoms with Gasteiger partial charge in [0.25, 0.3) is 0 Å². The Labute approximate surface area is 185 Å². The summed E-state index contributed by atoms with van der Waals surface area (Å²) < 4.78 is 7.05. The number of hydrogen-bond acceptors (Lipinski definition) is 7. The minimum Gasteiger partial charge on any atom is -0.378 e. The highest BCUT2D eigenvalue weighted by Crippen LogP contribution is 2.21. The van der Waals surface area contributed by atoms with Gasteiger partial charge in [0.2, 0.25) is 5.91 Å². The molecule has 0 atom stereocenters. The lowest BCUT2D eigenvalue weighted by molar-refractivity contribution is -0.133. The molecule has 1 fully saturated rings. The molecule has 1 aliphatic rings. The first kappa shape index (κ1) is 20.1. The lowest BCUT2D eigenvalue weighted by Gasteiger charge is -2.27. The van der Waals surface area contributed by atoms with Crippen molar-refractivity contribution in [2.75, 3.05) is 38.2 Å². The summed E-state index contributed by atoms with van der Waals surface area (Å²) in [6.45, 7) is 3.22. The number of morpholine rings is 1. The number of fused-ring (bicyclic) bond motifs is 1. The quantitative estimate of drug-likeness (QED) is 0.502. The van der Waals surface area contributed by atoms with Gasteiger partial charge in [-0.05, 0) is 24.3 Å². The normalized spacial score (nSPS) is 13.9. The number of carbonyl (C=O) groups is 1. The van der Waals surface area contributed by atoms with E-state index < -0.39 is 0 Å². The van der Waals surface area contributed by atoms with E-state index in [-0.39, 0.29) is 12.5 Å². The van der Waals surface area contributed by atoms with Crippen LogP contribution < -0.4 is 5.32 Å². The molecule has 9 nitrogen and oxygen atoms in total. The Balaban J connectivity index is 1.25. The standard InChI is InChI=1S/C23H23N7O2/c31-23(29-8-10-32-11-9-29)14-24-18-5-3-4-17(12-18)22-16-30(28-27-22)15-19-13-25-20-6-1-2-7-21(20)26-19/h1-7,12-13,16,24H,8-11,14-15H2. The van der Waals surface area contributed by atoms with E-state index in [1.165, 1.54) is 0 Å². The maximum absolute atomic E-state index is 12.4. The van der Waals surface area contributed by atoms with E-state index in [1.807, 2.05) is 59.6 Å². The van der Waals surface area contributed by atoms with Crippen molar-refractivity contribution in [3.8, 4) is 11.3 Å². The second-order valence-electron chi connectivity index (χ2n) is 7.58. The van der Waals surface area contributed by atoms with Gasteiger partial charge in [0.15, 0.2) is 0 Å². The number of para-hydroxylation sites is 2. The lowest BCUT2D eigenvalue weighted by Crippen LogP contribution is -2.43. The molecule has 2 aromatic heterocycles. The van der Waals surface area contributed by atoms with Gasteiger partial charge in [-0.3, -0.25) is 9.78 Å². The third-order valence-corrected chi connectivity index (χ3v) is 5.33. The number of amides is 1. The Bertz CT molecular complexity index is 1230. The maximum Gasteiger partial charge on any atom is 0.242 e. The summed E-state index contributed by atoms with van der Waals surface area (Å²) in [6.07, 6.45) is 3.65. The summed E-state index contributed by atoms with van der Waals surface area (Å²) in [5.74, 6) is 0.0705. The van der Waals surface area contributed by atoms with E-state index >= 15 is 0 Å². The second kappa shape index (κ2) is 9.11. The number of nitrogens with zero attached hydrogens (tertiary/aromatic N) is 6. The van der Waals surface area contributed by atoms with Crippen LogP contribution in [-0.4, -0.2) is 68.6 Å². The fourth-order valence-corrected chi connectivity index (χ4v) is 3.64. The summed E-state index contributed by atoms with van der Waals surface area (Å²) in [5.41, 5.74) is 5.07. The Hall–Kier alpha value is -3.85. The molecule has 0 aliphatic carbocycles. The fraction of sp³-hybridized carbons (Fsp3) is 0.261. The fourth-order valence-electron chi connectivity index (χ4n) is 3.64. The summed E-state index contributed by atoms with van der Waals surface area (Å²) in [6, 6.07) is 15.6. The van der Waals surface area contributed by atoms with Crippen LogP contribution in [0.1, 0.15) is 5.69 Å². The van der Waals surface area contributed by atoms with E-state index in [0.717, 1.165) is 33.7 Å². The monoisotopic (exact) mass is 429 g/mol. The van der Waals surface area contributed by atoms with Crippen molar-refractivity contribution in [2.45, 2.75) is 6.54 Å². The van der Waals surface area contributed by atoms with E-state index in [9.17, 15) is 4.79 Å². The first-order valence-electron chi connectivity index (χ1n) is 10.6. The molecule has 5 rings (SSSR count). The van der Waals surface area contributed by atoms with Gasteiger partial charge in [-0.2, -0.15) is 0 Å². The van der Waals surface area contributed by atoms with Crippen LogP contribution in [0.15, 0.2) is 60.9 Å². The topological polar surface area (TPSA) is 98.1 Å². The number of aromatic nitrogens is 5. The summed E-state index contributed by atoms with van der Waals surface area (Å²) >= 11 is 0. The van der Waals surface area contributed by atoms with Crippen molar-refractivity contribution in [2.24, 2.45) is 0 Å². The Kier molecular flexibility index (Phi) is 5.71. The SMILES string of the molecule is O=C(CNc1cccc(-c2cn(Cc3cnc4ccccc4n3)nn2)c1)N1CCOCC1. The minimum absolute atomic E-state index is 0.0705. The van der Waals surface area contributed by atoms with Crippen molar-refractivity contribution in [3.63, 3.8) is 0 Å². The van der Waals surface area contributed by atoms with Crippen molar-refractivity contribution < 1.29 is 9.53 Å². The third-order valence-electron chi connectivity index (χ3n) is 5.33. The van der Waals surface area contributed by atoms with Crippen LogP contribution in [0.2, 0.25) is 0 Å². The summed E-state index contributed by atoms with van der Waals surface area (Å²) in [7, 11) is 0. The predicted molar refractivity (Wildman–Crippen MR) is 120 cm³/mol. The van der Waals surface area contributed by atoms with Crippen LogP contribution in [0.3, 0.4) is 0 Å². The average Bonchev–Trinajstić information content (AvgIpc) is 3.32. The Morgan fingerprint density at radius 2 is 1.91 bits per heavy atom. The molecule has 1 N–H and O–H groups in total. The van der Waals surface area contributed by atoms with Gasteiger partial charge in [-0.25, -0.2) is 9.67 Å². The van der Waals surface area contributed by atoms with Crippen LogP contribution in [-0.2, 0) is 16.1 Å². The van der Waals surface area contributed by atoms with Gasteiger partial charge in [-0.15, -0.1) is 5.10 Å². The number of rotatable bonds is 6. The van der Waals surface area contributed by atoms with E-state index in [1.54, 1.807) is 10.9 Å². The van der Waals surface area contributed by atoms with Crippen LogP contribution >= 0.6 is 0 Å². The number of ether oxygens (including phenoxy) is 1. The number of anilines is 1. The average molecular weight is 429 g/mol. The van der Waals surface area contributed by atoms with Crippen molar-refractivity contribution in [1.82, 2.24) is 29.9 Å². The van der Waals surface area contributed by atoms with E-state index in [4.69, 9.17) is 4.74 Å². The zero-order valence-corrected chi connectivity index (χ0v) is 17.5. The molecular formula is C23H23N7O2. The van der Waals surface area contributed by atoms with Crippen LogP contribution in [0, 0.1) is 0 Å². The number of hydrogen-bond donors (Lipinski definition) is 1. The van der Waals surface area contributed by atoms with Crippen LogP contribution in [0.25, 0.3) is 22.3 Å².